The zero-order valence-corrected chi connectivity index (χ0v) is 13.3. The van der Waals surface area contributed by atoms with E-state index in [1.165, 1.54) is 5.56 Å². The van der Waals surface area contributed by atoms with Gasteiger partial charge in [0.25, 0.3) is 5.91 Å². The minimum absolute atomic E-state index is 0.0246. The van der Waals surface area contributed by atoms with Crippen LogP contribution in [0.15, 0.2) is 24.3 Å². The zero-order valence-electron chi connectivity index (χ0n) is 13.3. The van der Waals surface area contributed by atoms with Crippen molar-refractivity contribution in [3.63, 3.8) is 0 Å². The average molecular weight is 291 g/mol. The SMILES string of the molecule is CCc1ccc(O[C@H](C)C(=O)N2C[C@@H](C)O[C@@H](C)C2)cc1. The number of ether oxygens (including phenoxy) is 2. The fraction of sp³-hybridized carbons (Fsp3) is 0.588. The van der Waals surface area contributed by atoms with Crippen molar-refractivity contribution in [2.45, 2.75) is 52.4 Å². The number of carbonyl (C=O) groups is 1. The molecule has 0 saturated carbocycles. The van der Waals surface area contributed by atoms with Crippen LogP contribution < -0.4 is 4.74 Å². The maximum Gasteiger partial charge on any atom is 0.263 e. The maximum atomic E-state index is 12.5. The Morgan fingerprint density at radius 1 is 1.29 bits per heavy atom. The molecule has 1 fully saturated rings. The van der Waals surface area contributed by atoms with Gasteiger partial charge in [0.05, 0.1) is 12.2 Å². The lowest BCUT2D eigenvalue weighted by molar-refractivity contribution is -0.149. The Balaban J connectivity index is 1.95. The second-order valence-electron chi connectivity index (χ2n) is 5.76. The Morgan fingerprint density at radius 3 is 2.38 bits per heavy atom. The first-order valence-corrected chi connectivity index (χ1v) is 7.69. The van der Waals surface area contributed by atoms with Gasteiger partial charge in [-0.15, -0.1) is 0 Å². The van der Waals surface area contributed by atoms with E-state index in [4.69, 9.17) is 9.47 Å². The molecule has 1 saturated heterocycles. The molecule has 0 N–H and O–H groups in total. The first kappa shape index (κ1) is 15.8. The van der Waals surface area contributed by atoms with Crippen molar-refractivity contribution >= 4 is 5.91 Å². The first-order chi connectivity index (χ1) is 9.99. The summed E-state index contributed by atoms with van der Waals surface area (Å²) in [6.45, 7) is 9.16. The smallest absolute Gasteiger partial charge is 0.263 e. The highest BCUT2D eigenvalue weighted by Gasteiger charge is 2.29. The molecule has 4 heteroatoms. The molecule has 0 radical (unpaired) electrons. The average Bonchev–Trinajstić information content (AvgIpc) is 2.46. The van der Waals surface area contributed by atoms with Crippen molar-refractivity contribution in [1.29, 1.82) is 0 Å². The molecule has 1 heterocycles. The molecule has 0 aliphatic carbocycles. The predicted molar refractivity (Wildman–Crippen MR) is 82.5 cm³/mol. The summed E-state index contributed by atoms with van der Waals surface area (Å²) in [5.74, 6) is 0.763. The number of hydrogen-bond acceptors (Lipinski definition) is 3. The van der Waals surface area contributed by atoms with Crippen molar-refractivity contribution in [2.75, 3.05) is 13.1 Å². The van der Waals surface area contributed by atoms with Crippen LogP contribution in [0.4, 0.5) is 0 Å². The monoisotopic (exact) mass is 291 g/mol. The lowest BCUT2D eigenvalue weighted by Gasteiger charge is -2.36. The van der Waals surface area contributed by atoms with Gasteiger partial charge in [0.15, 0.2) is 6.10 Å². The van der Waals surface area contributed by atoms with E-state index in [0.29, 0.717) is 13.1 Å². The third kappa shape index (κ3) is 4.21. The molecule has 1 amide bonds. The Labute approximate surface area is 127 Å². The quantitative estimate of drug-likeness (QED) is 0.856. The zero-order chi connectivity index (χ0) is 15.4. The lowest BCUT2D eigenvalue weighted by Crippen LogP contribution is -2.51. The van der Waals surface area contributed by atoms with Crippen LogP contribution in [0.2, 0.25) is 0 Å². The number of morpholine rings is 1. The molecule has 1 aromatic rings. The van der Waals surface area contributed by atoms with Gasteiger partial charge in [-0.3, -0.25) is 4.79 Å². The number of hydrogen-bond donors (Lipinski definition) is 0. The summed E-state index contributed by atoms with van der Waals surface area (Å²) in [6.07, 6.45) is 0.677. The third-order valence-corrected chi connectivity index (χ3v) is 3.72. The largest absolute Gasteiger partial charge is 0.481 e. The normalized spacial score (nSPS) is 23.7. The van der Waals surface area contributed by atoms with Gasteiger partial charge < -0.3 is 14.4 Å². The summed E-state index contributed by atoms with van der Waals surface area (Å²) in [5.41, 5.74) is 1.26. The summed E-state index contributed by atoms with van der Waals surface area (Å²) in [5, 5.41) is 0. The van der Waals surface area contributed by atoms with Crippen LogP contribution in [0.1, 0.15) is 33.3 Å². The fourth-order valence-electron chi connectivity index (χ4n) is 2.67. The Bertz CT molecular complexity index is 461. The van der Waals surface area contributed by atoms with E-state index in [1.54, 1.807) is 6.92 Å². The maximum absolute atomic E-state index is 12.5. The van der Waals surface area contributed by atoms with Crippen LogP contribution in [0.5, 0.6) is 5.75 Å². The molecule has 3 atom stereocenters. The van der Waals surface area contributed by atoms with E-state index in [0.717, 1.165) is 12.2 Å². The van der Waals surface area contributed by atoms with Gasteiger partial charge in [0.2, 0.25) is 0 Å². The number of benzene rings is 1. The highest BCUT2D eigenvalue weighted by molar-refractivity contribution is 5.81. The number of carbonyl (C=O) groups excluding carboxylic acids is 1. The molecule has 0 unspecified atom stereocenters. The third-order valence-electron chi connectivity index (χ3n) is 3.72. The number of amides is 1. The topological polar surface area (TPSA) is 38.8 Å². The van der Waals surface area contributed by atoms with Gasteiger partial charge in [-0.1, -0.05) is 19.1 Å². The molecule has 4 nitrogen and oxygen atoms in total. The second kappa shape index (κ2) is 6.94. The first-order valence-electron chi connectivity index (χ1n) is 7.69. The van der Waals surface area contributed by atoms with E-state index in [-0.39, 0.29) is 18.1 Å². The van der Waals surface area contributed by atoms with Crippen molar-refractivity contribution < 1.29 is 14.3 Å². The Morgan fingerprint density at radius 2 is 1.86 bits per heavy atom. The molecule has 116 valence electrons. The van der Waals surface area contributed by atoms with E-state index >= 15 is 0 Å². The van der Waals surface area contributed by atoms with Crippen LogP contribution in [-0.4, -0.2) is 42.2 Å². The van der Waals surface area contributed by atoms with Crippen LogP contribution in [0.3, 0.4) is 0 Å². The van der Waals surface area contributed by atoms with Crippen molar-refractivity contribution in [2.24, 2.45) is 0 Å². The van der Waals surface area contributed by atoms with E-state index in [1.807, 2.05) is 43.0 Å². The Kier molecular flexibility index (Phi) is 5.23. The van der Waals surface area contributed by atoms with E-state index in [2.05, 4.69) is 6.92 Å². The van der Waals surface area contributed by atoms with Crippen molar-refractivity contribution in [3.05, 3.63) is 29.8 Å². The lowest BCUT2D eigenvalue weighted by atomic mass is 10.2. The van der Waals surface area contributed by atoms with Gasteiger partial charge >= 0.3 is 0 Å². The molecular formula is C17H25NO3. The van der Waals surface area contributed by atoms with Gasteiger partial charge in [-0.05, 0) is 44.9 Å². The van der Waals surface area contributed by atoms with Crippen LogP contribution in [0.25, 0.3) is 0 Å². The number of rotatable bonds is 4. The molecule has 21 heavy (non-hydrogen) atoms. The van der Waals surface area contributed by atoms with Gasteiger partial charge in [0, 0.05) is 13.1 Å². The van der Waals surface area contributed by atoms with Crippen LogP contribution >= 0.6 is 0 Å². The Hall–Kier alpha value is -1.55. The summed E-state index contributed by atoms with van der Waals surface area (Å²) in [4.78, 5) is 14.3. The molecular weight excluding hydrogens is 266 g/mol. The van der Waals surface area contributed by atoms with Gasteiger partial charge in [-0.2, -0.15) is 0 Å². The molecule has 0 aromatic heterocycles. The molecule has 1 aliphatic heterocycles. The minimum Gasteiger partial charge on any atom is -0.481 e. The molecule has 1 aliphatic rings. The fourth-order valence-corrected chi connectivity index (χ4v) is 2.67. The molecule has 1 aromatic carbocycles. The van der Waals surface area contributed by atoms with E-state index < -0.39 is 6.10 Å². The van der Waals surface area contributed by atoms with Crippen molar-refractivity contribution in [3.8, 4) is 5.75 Å². The summed E-state index contributed by atoms with van der Waals surface area (Å²) < 4.78 is 11.4. The summed E-state index contributed by atoms with van der Waals surface area (Å²) in [6, 6.07) is 7.91. The number of nitrogens with zero attached hydrogens (tertiary/aromatic N) is 1. The van der Waals surface area contributed by atoms with Gasteiger partial charge in [0.1, 0.15) is 5.75 Å². The summed E-state index contributed by atoms with van der Waals surface area (Å²) >= 11 is 0. The number of aryl methyl sites for hydroxylation is 1. The highest BCUT2D eigenvalue weighted by atomic mass is 16.5. The minimum atomic E-state index is -0.477. The second-order valence-corrected chi connectivity index (χ2v) is 5.76. The van der Waals surface area contributed by atoms with Gasteiger partial charge in [-0.25, -0.2) is 0 Å². The molecule has 2 rings (SSSR count). The van der Waals surface area contributed by atoms with Crippen LogP contribution in [0, 0.1) is 0 Å². The van der Waals surface area contributed by atoms with E-state index in [9.17, 15) is 4.79 Å². The summed E-state index contributed by atoms with van der Waals surface area (Å²) in [7, 11) is 0. The molecule has 0 bridgehead atoms. The standard InChI is InChI=1S/C17H25NO3/c1-5-15-6-8-16(9-7-15)21-14(4)17(19)18-10-12(2)20-13(3)11-18/h6-9,12-14H,5,10-11H2,1-4H3/t12-,13+,14-/m1/s1. The highest BCUT2D eigenvalue weighted by Crippen LogP contribution is 2.17. The van der Waals surface area contributed by atoms with Crippen LogP contribution in [-0.2, 0) is 16.0 Å². The predicted octanol–water partition coefficient (Wildman–Crippen LogP) is 2.65. The van der Waals surface area contributed by atoms with Crippen molar-refractivity contribution in [1.82, 2.24) is 4.90 Å². The molecule has 0 spiro atoms.